The minimum atomic E-state index is -1.13. The van der Waals surface area contributed by atoms with E-state index in [1.165, 1.54) is 103 Å². The summed E-state index contributed by atoms with van der Waals surface area (Å²) in [6, 6.07) is -0.730. The minimum Gasteiger partial charge on any atom is -0.544 e. The SMILES string of the molecule is CCCCCCCC/C=C/C/C=C/CCC(=O)OC(COCCC(C(=O)[O-])[N+](C)(C)C)COC(=O)CCCCCCCCCCCCCCC. The third kappa shape index (κ3) is 31.8. The van der Waals surface area contributed by atoms with Crippen LogP contribution in [0, 0.1) is 0 Å². The van der Waals surface area contributed by atoms with Crippen LogP contribution in [0.2, 0.25) is 0 Å². The van der Waals surface area contributed by atoms with E-state index in [1.54, 1.807) is 21.1 Å². The highest BCUT2D eigenvalue weighted by molar-refractivity contribution is 5.70. The molecule has 50 heavy (non-hydrogen) atoms. The lowest BCUT2D eigenvalue weighted by molar-refractivity contribution is -0.889. The van der Waals surface area contributed by atoms with Crippen molar-refractivity contribution in [3.05, 3.63) is 24.3 Å². The predicted octanol–water partition coefficient (Wildman–Crippen LogP) is 9.19. The fourth-order valence-corrected chi connectivity index (χ4v) is 5.89. The molecule has 292 valence electrons. The summed E-state index contributed by atoms with van der Waals surface area (Å²) >= 11 is 0. The Balaban J connectivity index is 4.46. The topological polar surface area (TPSA) is 102 Å². The Morgan fingerprint density at radius 1 is 0.600 bits per heavy atom. The van der Waals surface area contributed by atoms with Gasteiger partial charge in [0.15, 0.2) is 6.10 Å². The summed E-state index contributed by atoms with van der Waals surface area (Å²) in [6.45, 7) is 4.59. The minimum absolute atomic E-state index is 0.0217. The fourth-order valence-electron chi connectivity index (χ4n) is 5.89. The van der Waals surface area contributed by atoms with Crippen molar-refractivity contribution in [2.45, 2.75) is 187 Å². The van der Waals surface area contributed by atoms with Crippen molar-refractivity contribution in [1.82, 2.24) is 0 Å². The molecule has 8 nitrogen and oxygen atoms in total. The summed E-state index contributed by atoms with van der Waals surface area (Å²) in [4.78, 5) is 36.7. The first-order chi connectivity index (χ1) is 24.1. The van der Waals surface area contributed by atoms with Gasteiger partial charge in [0.1, 0.15) is 12.6 Å². The van der Waals surface area contributed by atoms with Crippen LogP contribution in [0.25, 0.3) is 0 Å². The molecule has 0 bridgehead atoms. The number of carboxylic acids is 1. The Labute approximate surface area is 307 Å². The highest BCUT2D eigenvalue weighted by atomic mass is 16.6. The number of ether oxygens (including phenoxy) is 3. The average molecular weight is 708 g/mol. The first-order valence-corrected chi connectivity index (χ1v) is 20.4. The van der Waals surface area contributed by atoms with Gasteiger partial charge >= 0.3 is 11.9 Å². The van der Waals surface area contributed by atoms with E-state index in [4.69, 9.17) is 14.2 Å². The van der Waals surface area contributed by atoms with Gasteiger partial charge in [-0.25, -0.2) is 0 Å². The summed E-state index contributed by atoms with van der Waals surface area (Å²) in [6.07, 6.45) is 35.0. The molecule has 0 saturated carbocycles. The summed E-state index contributed by atoms with van der Waals surface area (Å²) in [5, 5.41) is 11.6. The van der Waals surface area contributed by atoms with Gasteiger partial charge in [0.05, 0.1) is 40.3 Å². The monoisotopic (exact) mass is 708 g/mol. The Hall–Kier alpha value is -2.19. The Morgan fingerprint density at radius 3 is 1.62 bits per heavy atom. The lowest BCUT2D eigenvalue weighted by atomic mass is 10.0. The molecule has 0 rings (SSSR count). The zero-order valence-electron chi connectivity index (χ0n) is 33.1. The second kappa shape index (κ2) is 33.9. The van der Waals surface area contributed by atoms with Crippen LogP contribution in [0.3, 0.4) is 0 Å². The van der Waals surface area contributed by atoms with Crippen molar-refractivity contribution >= 4 is 17.9 Å². The van der Waals surface area contributed by atoms with Crippen molar-refractivity contribution in [1.29, 1.82) is 0 Å². The number of allylic oxidation sites excluding steroid dienone is 4. The number of esters is 2. The maximum Gasteiger partial charge on any atom is 0.306 e. The van der Waals surface area contributed by atoms with Gasteiger partial charge in [-0.15, -0.1) is 0 Å². The quantitative estimate of drug-likeness (QED) is 0.0277. The van der Waals surface area contributed by atoms with Gasteiger partial charge in [0.2, 0.25) is 0 Å². The highest BCUT2D eigenvalue weighted by Gasteiger charge is 2.25. The third-order valence-corrected chi connectivity index (χ3v) is 9.10. The van der Waals surface area contributed by atoms with E-state index in [-0.39, 0.29) is 49.1 Å². The number of unbranched alkanes of at least 4 members (excludes halogenated alkanes) is 18. The van der Waals surface area contributed by atoms with E-state index in [2.05, 4.69) is 32.1 Å². The zero-order chi connectivity index (χ0) is 37.1. The number of carbonyl (C=O) groups is 3. The van der Waals surface area contributed by atoms with Crippen molar-refractivity contribution in [3.8, 4) is 0 Å². The number of likely N-dealkylation sites (N-methyl/N-ethyl adjacent to an activating group) is 1. The van der Waals surface area contributed by atoms with Crippen LogP contribution in [-0.2, 0) is 28.6 Å². The van der Waals surface area contributed by atoms with E-state index in [0.717, 1.165) is 32.1 Å². The number of hydrogen-bond acceptors (Lipinski definition) is 7. The molecule has 0 amide bonds. The van der Waals surface area contributed by atoms with Crippen molar-refractivity contribution in [3.63, 3.8) is 0 Å². The number of aliphatic carboxylic acids is 1. The lowest BCUT2D eigenvalue weighted by Gasteiger charge is -2.34. The number of rotatable bonds is 36. The van der Waals surface area contributed by atoms with Crippen LogP contribution in [0.1, 0.15) is 174 Å². The van der Waals surface area contributed by atoms with Gasteiger partial charge in [0, 0.05) is 19.3 Å². The molecule has 0 aromatic heterocycles. The molecule has 0 radical (unpaired) electrons. The van der Waals surface area contributed by atoms with Crippen LogP contribution < -0.4 is 5.11 Å². The summed E-state index contributed by atoms with van der Waals surface area (Å²) in [5.41, 5.74) is 0. The smallest absolute Gasteiger partial charge is 0.306 e. The molecule has 0 spiro atoms. The average Bonchev–Trinajstić information content (AvgIpc) is 3.06. The standard InChI is InChI=1S/C42H77NO7/c1-6-8-10-12-14-16-18-20-22-24-26-28-30-32-40(44)49-37-38(36-48-35-34-39(42(46)47)43(3,4)5)50-41(45)33-31-29-27-25-23-21-19-17-15-13-11-9-7-2/h21,23,27,29,38-39H,6-20,22,24-26,28,30-37H2,1-5H3/b23-21+,29-27+. The predicted molar refractivity (Wildman–Crippen MR) is 204 cm³/mol. The van der Waals surface area contributed by atoms with Crippen LogP contribution in [-0.4, -0.2) is 75.5 Å². The molecular weight excluding hydrogens is 630 g/mol. The van der Waals surface area contributed by atoms with E-state index in [1.807, 2.05) is 6.08 Å². The van der Waals surface area contributed by atoms with E-state index < -0.39 is 18.1 Å². The largest absolute Gasteiger partial charge is 0.544 e. The number of hydrogen-bond donors (Lipinski definition) is 0. The Morgan fingerprint density at radius 2 is 1.10 bits per heavy atom. The maximum absolute atomic E-state index is 12.6. The molecule has 0 aliphatic heterocycles. The van der Waals surface area contributed by atoms with E-state index in [9.17, 15) is 19.5 Å². The first kappa shape index (κ1) is 47.8. The molecule has 0 saturated heterocycles. The molecule has 0 aromatic carbocycles. The number of quaternary nitrogens is 1. The second-order valence-corrected chi connectivity index (χ2v) is 14.9. The molecule has 2 atom stereocenters. The fraction of sp³-hybridized carbons (Fsp3) is 0.833. The Kier molecular flexibility index (Phi) is 32.4. The van der Waals surface area contributed by atoms with Gasteiger partial charge in [-0.1, -0.05) is 147 Å². The molecule has 8 heteroatoms. The van der Waals surface area contributed by atoms with Crippen molar-refractivity contribution in [2.75, 3.05) is 41.0 Å². The zero-order valence-corrected chi connectivity index (χ0v) is 33.1. The van der Waals surface area contributed by atoms with Gasteiger partial charge in [-0.05, 0) is 32.1 Å². The normalized spacial score (nSPS) is 13.2. The molecule has 0 heterocycles. The summed E-state index contributed by atoms with van der Waals surface area (Å²) in [7, 11) is 5.38. The van der Waals surface area contributed by atoms with E-state index in [0.29, 0.717) is 12.8 Å². The van der Waals surface area contributed by atoms with Crippen LogP contribution in [0.5, 0.6) is 0 Å². The second-order valence-electron chi connectivity index (χ2n) is 14.9. The molecule has 0 aliphatic rings. The van der Waals surface area contributed by atoms with Gasteiger partial charge < -0.3 is 28.6 Å². The molecule has 0 N–H and O–H groups in total. The number of nitrogens with zero attached hydrogens (tertiary/aromatic N) is 1. The molecule has 0 aliphatic carbocycles. The van der Waals surface area contributed by atoms with Crippen molar-refractivity contribution < 1.29 is 38.2 Å². The molecule has 0 fully saturated rings. The lowest BCUT2D eigenvalue weighted by Crippen LogP contribution is -2.55. The molecule has 2 unspecified atom stereocenters. The molecule has 0 aromatic rings. The Bertz CT molecular complexity index is 880. The number of carboxylic acid groups (broad SMARTS) is 1. The van der Waals surface area contributed by atoms with Crippen LogP contribution >= 0.6 is 0 Å². The van der Waals surface area contributed by atoms with Crippen LogP contribution in [0.15, 0.2) is 24.3 Å². The van der Waals surface area contributed by atoms with Crippen LogP contribution in [0.4, 0.5) is 0 Å². The summed E-state index contributed by atoms with van der Waals surface area (Å²) in [5.74, 6) is -1.82. The first-order valence-electron chi connectivity index (χ1n) is 20.4. The molecular formula is C42H77NO7. The highest BCUT2D eigenvalue weighted by Crippen LogP contribution is 2.14. The number of carbonyl (C=O) groups excluding carboxylic acids is 3. The maximum atomic E-state index is 12.6. The van der Waals surface area contributed by atoms with Gasteiger partial charge in [0.25, 0.3) is 0 Å². The van der Waals surface area contributed by atoms with Gasteiger partial charge in [-0.2, -0.15) is 0 Å². The summed E-state index contributed by atoms with van der Waals surface area (Å²) < 4.78 is 17.0. The third-order valence-electron chi connectivity index (χ3n) is 9.10. The van der Waals surface area contributed by atoms with Gasteiger partial charge in [-0.3, -0.25) is 9.59 Å². The van der Waals surface area contributed by atoms with Crippen molar-refractivity contribution in [2.24, 2.45) is 0 Å². The van der Waals surface area contributed by atoms with E-state index >= 15 is 0 Å².